The van der Waals surface area contributed by atoms with Crippen LogP contribution in [0.3, 0.4) is 0 Å². The Morgan fingerprint density at radius 3 is 2.71 bits per heavy atom. The molecule has 1 aliphatic heterocycles. The predicted molar refractivity (Wildman–Crippen MR) is 71.2 cm³/mol. The number of hydrogen-bond acceptors (Lipinski definition) is 3. The molecule has 3 atom stereocenters. The smallest absolute Gasteiger partial charge is 0.0594 e. The van der Waals surface area contributed by atoms with Crippen molar-refractivity contribution in [2.45, 2.75) is 39.2 Å². The first-order valence-electron chi connectivity index (χ1n) is 7.29. The molecule has 0 aromatic carbocycles. The van der Waals surface area contributed by atoms with Gasteiger partial charge in [0.2, 0.25) is 0 Å². The van der Waals surface area contributed by atoms with Gasteiger partial charge in [0.05, 0.1) is 13.2 Å². The molecule has 3 heteroatoms. The van der Waals surface area contributed by atoms with Gasteiger partial charge in [-0.1, -0.05) is 19.8 Å². The maximum Gasteiger partial charge on any atom is 0.0594 e. The zero-order valence-corrected chi connectivity index (χ0v) is 11.5. The van der Waals surface area contributed by atoms with Crippen molar-refractivity contribution in [3.8, 4) is 0 Å². The second kappa shape index (κ2) is 6.72. The highest BCUT2D eigenvalue weighted by molar-refractivity contribution is 4.78. The third kappa shape index (κ3) is 4.23. The lowest BCUT2D eigenvalue weighted by molar-refractivity contribution is 0.0341. The first-order valence-corrected chi connectivity index (χ1v) is 7.29. The molecule has 2 aliphatic rings. The fraction of sp³-hybridized carbons (Fsp3) is 1.00. The normalized spacial score (nSPS) is 32.8. The van der Waals surface area contributed by atoms with Crippen LogP contribution in [0.15, 0.2) is 0 Å². The highest BCUT2D eigenvalue weighted by atomic mass is 16.5. The quantitative estimate of drug-likeness (QED) is 0.792. The third-order valence-electron chi connectivity index (χ3n) is 4.40. The summed E-state index contributed by atoms with van der Waals surface area (Å²) < 4.78 is 5.37. The van der Waals surface area contributed by atoms with Crippen molar-refractivity contribution in [1.29, 1.82) is 0 Å². The molecule has 1 N–H and O–H groups in total. The van der Waals surface area contributed by atoms with E-state index in [4.69, 9.17) is 4.74 Å². The summed E-state index contributed by atoms with van der Waals surface area (Å²) in [5.41, 5.74) is 0. The first kappa shape index (κ1) is 13.3. The van der Waals surface area contributed by atoms with Crippen LogP contribution < -0.4 is 5.32 Å². The van der Waals surface area contributed by atoms with Gasteiger partial charge in [0.25, 0.3) is 0 Å². The number of nitrogens with one attached hydrogen (secondary N) is 1. The van der Waals surface area contributed by atoms with E-state index in [1.54, 1.807) is 0 Å². The fourth-order valence-corrected chi connectivity index (χ4v) is 3.11. The van der Waals surface area contributed by atoms with Gasteiger partial charge in [-0.2, -0.15) is 0 Å². The van der Waals surface area contributed by atoms with Crippen LogP contribution in [-0.4, -0.2) is 50.3 Å². The Morgan fingerprint density at radius 2 is 2.06 bits per heavy atom. The molecular formula is C14H28N2O. The Morgan fingerprint density at radius 1 is 1.29 bits per heavy atom. The lowest BCUT2D eigenvalue weighted by Crippen LogP contribution is -2.45. The molecule has 1 heterocycles. The van der Waals surface area contributed by atoms with Crippen molar-refractivity contribution in [3.63, 3.8) is 0 Å². The molecule has 3 unspecified atom stereocenters. The van der Waals surface area contributed by atoms with Crippen LogP contribution in [0.4, 0.5) is 0 Å². The molecule has 1 saturated carbocycles. The number of rotatable bonds is 5. The molecule has 0 radical (unpaired) electrons. The first-order chi connectivity index (χ1) is 8.25. The number of morpholine rings is 1. The van der Waals surface area contributed by atoms with Crippen LogP contribution in [0, 0.1) is 11.8 Å². The summed E-state index contributed by atoms with van der Waals surface area (Å²) in [5, 5.41) is 3.72. The summed E-state index contributed by atoms with van der Waals surface area (Å²) in [6, 6.07) is 0.612. The van der Waals surface area contributed by atoms with E-state index in [0.29, 0.717) is 6.04 Å². The Bertz CT molecular complexity index is 216. The molecule has 100 valence electrons. The Hall–Kier alpha value is -0.120. The zero-order chi connectivity index (χ0) is 12.1. The van der Waals surface area contributed by atoms with E-state index in [1.807, 2.05) is 0 Å². The predicted octanol–water partition coefficient (Wildman–Crippen LogP) is 1.73. The summed E-state index contributed by atoms with van der Waals surface area (Å²) in [6.45, 7) is 11.1. The Balaban J connectivity index is 1.61. The van der Waals surface area contributed by atoms with Crippen molar-refractivity contribution < 1.29 is 4.74 Å². The molecule has 1 saturated heterocycles. The van der Waals surface area contributed by atoms with Crippen LogP contribution in [0.2, 0.25) is 0 Å². The Labute approximate surface area is 106 Å². The lowest BCUT2D eigenvalue weighted by atomic mass is 9.98. The van der Waals surface area contributed by atoms with E-state index in [-0.39, 0.29) is 0 Å². The van der Waals surface area contributed by atoms with E-state index < -0.39 is 0 Å². The lowest BCUT2D eigenvalue weighted by Gasteiger charge is -2.30. The molecule has 0 amide bonds. The standard InChI is InChI=1S/C14H28N2O/c1-12-4-3-5-14(12)10-15-13(2)11-16-6-8-17-9-7-16/h12-15H,3-11H2,1-2H3. The second-order valence-corrected chi connectivity index (χ2v) is 5.89. The van der Waals surface area contributed by atoms with Gasteiger partial charge in [0, 0.05) is 25.7 Å². The van der Waals surface area contributed by atoms with E-state index in [0.717, 1.165) is 38.1 Å². The third-order valence-corrected chi connectivity index (χ3v) is 4.40. The SMILES string of the molecule is CC(CN1CCOCC1)NCC1CCCC1C. The summed E-state index contributed by atoms with van der Waals surface area (Å²) in [6.07, 6.45) is 4.30. The second-order valence-electron chi connectivity index (χ2n) is 5.89. The minimum atomic E-state index is 0.612. The average Bonchev–Trinajstić information content (AvgIpc) is 2.74. The summed E-state index contributed by atoms with van der Waals surface area (Å²) in [4.78, 5) is 2.51. The molecule has 0 spiro atoms. The highest BCUT2D eigenvalue weighted by Gasteiger charge is 2.23. The molecule has 1 aliphatic carbocycles. The molecule has 2 fully saturated rings. The van der Waals surface area contributed by atoms with E-state index in [2.05, 4.69) is 24.1 Å². The minimum Gasteiger partial charge on any atom is -0.379 e. The van der Waals surface area contributed by atoms with Gasteiger partial charge in [0.1, 0.15) is 0 Å². The maximum absolute atomic E-state index is 5.37. The topological polar surface area (TPSA) is 24.5 Å². The minimum absolute atomic E-state index is 0.612. The zero-order valence-electron chi connectivity index (χ0n) is 11.5. The van der Waals surface area contributed by atoms with Crippen LogP contribution in [0.5, 0.6) is 0 Å². The van der Waals surface area contributed by atoms with Crippen molar-refractivity contribution in [2.75, 3.05) is 39.4 Å². The van der Waals surface area contributed by atoms with Crippen LogP contribution in [-0.2, 0) is 4.74 Å². The van der Waals surface area contributed by atoms with E-state index in [1.165, 1.54) is 32.4 Å². The summed E-state index contributed by atoms with van der Waals surface area (Å²) in [7, 11) is 0. The highest BCUT2D eigenvalue weighted by Crippen LogP contribution is 2.30. The van der Waals surface area contributed by atoms with Gasteiger partial charge in [-0.3, -0.25) is 4.90 Å². The fourth-order valence-electron chi connectivity index (χ4n) is 3.11. The van der Waals surface area contributed by atoms with Gasteiger partial charge in [-0.15, -0.1) is 0 Å². The van der Waals surface area contributed by atoms with E-state index >= 15 is 0 Å². The molecule has 2 rings (SSSR count). The molecule has 17 heavy (non-hydrogen) atoms. The van der Waals surface area contributed by atoms with Crippen molar-refractivity contribution in [1.82, 2.24) is 10.2 Å². The van der Waals surface area contributed by atoms with Crippen LogP contribution in [0.1, 0.15) is 33.1 Å². The van der Waals surface area contributed by atoms with Crippen molar-refractivity contribution in [3.05, 3.63) is 0 Å². The van der Waals surface area contributed by atoms with Gasteiger partial charge in [-0.05, 0) is 31.7 Å². The molecule has 0 aromatic heterocycles. The maximum atomic E-state index is 5.37. The number of nitrogens with zero attached hydrogens (tertiary/aromatic N) is 1. The van der Waals surface area contributed by atoms with Gasteiger partial charge in [0.15, 0.2) is 0 Å². The number of ether oxygens (including phenoxy) is 1. The summed E-state index contributed by atoms with van der Waals surface area (Å²) in [5.74, 6) is 1.85. The molecular weight excluding hydrogens is 212 g/mol. The van der Waals surface area contributed by atoms with Gasteiger partial charge < -0.3 is 10.1 Å². The van der Waals surface area contributed by atoms with Crippen LogP contribution in [0.25, 0.3) is 0 Å². The molecule has 0 aromatic rings. The average molecular weight is 240 g/mol. The monoisotopic (exact) mass is 240 g/mol. The van der Waals surface area contributed by atoms with Crippen LogP contribution >= 0.6 is 0 Å². The number of hydrogen-bond donors (Lipinski definition) is 1. The van der Waals surface area contributed by atoms with Crippen molar-refractivity contribution >= 4 is 0 Å². The Kier molecular flexibility index (Phi) is 5.26. The van der Waals surface area contributed by atoms with E-state index in [9.17, 15) is 0 Å². The van der Waals surface area contributed by atoms with Gasteiger partial charge >= 0.3 is 0 Å². The summed E-state index contributed by atoms with van der Waals surface area (Å²) >= 11 is 0. The largest absolute Gasteiger partial charge is 0.379 e. The van der Waals surface area contributed by atoms with Gasteiger partial charge in [-0.25, -0.2) is 0 Å². The molecule has 0 bridgehead atoms. The van der Waals surface area contributed by atoms with Crippen molar-refractivity contribution in [2.24, 2.45) is 11.8 Å². The molecule has 3 nitrogen and oxygen atoms in total.